The first kappa shape index (κ1) is 13.4. The predicted molar refractivity (Wildman–Crippen MR) is 77.6 cm³/mol. The molecule has 0 unspecified atom stereocenters. The average molecular weight is 274 g/mol. The monoisotopic (exact) mass is 274 g/mol. The highest BCUT2D eigenvalue weighted by molar-refractivity contribution is 5.82. The Morgan fingerprint density at radius 2 is 2.05 bits per heavy atom. The molecule has 1 saturated carbocycles. The largest absolute Gasteiger partial charge is 0.497 e. The Bertz CT molecular complexity index is 462. The number of hydrogen-bond donors (Lipinski definition) is 1. The highest BCUT2D eigenvalue weighted by Gasteiger charge is 2.36. The van der Waals surface area contributed by atoms with Crippen LogP contribution in [0.1, 0.15) is 31.2 Å². The Hall–Kier alpha value is -1.55. The Balaban J connectivity index is 1.68. The minimum Gasteiger partial charge on any atom is -0.497 e. The van der Waals surface area contributed by atoms with Crippen molar-refractivity contribution in [3.05, 3.63) is 29.8 Å². The fourth-order valence-electron chi connectivity index (χ4n) is 2.80. The highest BCUT2D eigenvalue weighted by atomic mass is 16.5. The lowest BCUT2D eigenvalue weighted by Gasteiger charge is -2.26. The number of carbonyl (C=O) groups is 1. The number of hydrogen-bond acceptors (Lipinski definition) is 3. The molecule has 0 bridgehead atoms. The maximum Gasteiger partial charge on any atom is 0.240 e. The molecule has 1 amide bonds. The van der Waals surface area contributed by atoms with Crippen LogP contribution in [0.25, 0.3) is 0 Å². The second-order valence-electron chi connectivity index (χ2n) is 5.69. The summed E-state index contributed by atoms with van der Waals surface area (Å²) >= 11 is 0. The van der Waals surface area contributed by atoms with Crippen molar-refractivity contribution in [1.82, 2.24) is 10.2 Å². The number of methoxy groups -OCH3 is 1. The second kappa shape index (κ2) is 5.83. The van der Waals surface area contributed by atoms with Crippen molar-refractivity contribution < 1.29 is 9.53 Å². The molecule has 1 heterocycles. The Morgan fingerprint density at radius 1 is 1.30 bits per heavy atom. The number of rotatable bonds is 5. The highest BCUT2D eigenvalue weighted by Crippen LogP contribution is 2.30. The lowest BCUT2D eigenvalue weighted by Crippen LogP contribution is -2.44. The van der Waals surface area contributed by atoms with Crippen LogP contribution in [0.3, 0.4) is 0 Å². The molecule has 1 aliphatic carbocycles. The van der Waals surface area contributed by atoms with Gasteiger partial charge in [-0.3, -0.25) is 4.79 Å². The number of nitrogens with zero attached hydrogens (tertiary/aromatic N) is 1. The van der Waals surface area contributed by atoms with Gasteiger partial charge >= 0.3 is 0 Å². The summed E-state index contributed by atoms with van der Waals surface area (Å²) in [5.41, 5.74) is 1.17. The third-order valence-corrected chi connectivity index (χ3v) is 4.14. The van der Waals surface area contributed by atoms with E-state index in [1.165, 1.54) is 5.56 Å². The van der Waals surface area contributed by atoms with E-state index < -0.39 is 0 Å². The zero-order valence-electron chi connectivity index (χ0n) is 12.0. The molecular weight excluding hydrogens is 252 g/mol. The zero-order chi connectivity index (χ0) is 13.9. The molecule has 108 valence electrons. The van der Waals surface area contributed by atoms with E-state index >= 15 is 0 Å². The predicted octanol–water partition coefficient (Wildman–Crippen LogP) is 1.94. The van der Waals surface area contributed by atoms with Gasteiger partial charge in [0.25, 0.3) is 0 Å². The number of carbonyl (C=O) groups excluding carboxylic acids is 1. The Morgan fingerprint density at radius 3 is 2.60 bits per heavy atom. The van der Waals surface area contributed by atoms with E-state index in [1.807, 2.05) is 24.3 Å². The minimum absolute atomic E-state index is 0.0360. The molecule has 4 nitrogen and oxygen atoms in total. The van der Waals surface area contributed by atoms with Crippen LogP contribution < -0.4 is 10.1 Å². The summed E-state index contributed by atoms with van der Waals surface area (Å²) in [7, 11) is 1.67. The van der Waals surface area contributed by atoms with Crippen LogP contribution in [0, 0.1) is 0 Å². The number of nitrogens with one attached hydrogen (secondary N) is 1. The molecular formula is C16H22N2O2. The molecule has 0 radical (unpaired) electrons. The summed E-state index contributed by atoms with van der Waals surface area (Å²) in [4.78, 5) is 14.7. The van der Waals surface area contributed by atoms with Gasteiger partial charge in [0.2, 0.25) is 5.91 Å². The Kier molecular flexibility index (Phi) is 3.92. The van der Waals surface area contributed by atoms with Crippen LogP contribution in [-0.2, 0) is 11.3 Å². The van der Waals surface area contributed by atoms with Crippen LogP contribution in [0.15, 0.2) is 24.3 Å². The lowest BCUT2D eigenvalue weighted by atomic mass is 10.1. The van der Waals surface area contributed by atoms with Crippen molar-refractivity contribution in [2.45, 2.75) is 44.3 Å². The van der Waals surface area contributed by atoms with Crippen LogP contribution in [0.2, 0.25) is 0 Å². The SMILES string of the molecule is COc1ccc(CN(C(=O)[C@@H]2CCCN2)C2CC2)cc1. The molecule has 4 heteroatoms. The molecule has 1 aromatic carbocycles. The van der Waals surface area contributed by atoms with E-state index in [0.29, 0.717) is 12.6 Å². The summed E-state index contributed by atoms with van der Waals surface area (Å²) in [5.74, 6) is 1.14. The summed E-state index contributed by atoms with van der Waals surface area (Å²) in [5, 5.41) is 3.31. The topological polar surface area (TPSA) is 41.6 Å². The second-order valence-corrected chi connectivity index (χ2v) is 5.69. The number of ether oxygens (including phenoxy) is 1. The van der Waals surface area contributed by atoms with Gasteiger partial charge in [-0.2, -0.15) is 0 Å². The van der Waals surface area contributed by atoms with E-state index in [-0.39, 0.29) is 11.9 Å². The molecule has 20 heavy (non-hydrogen) atoms. The summed E-state index contributed by atoms with van der Waals surface area (Å²) in [6, 6.07) is 8.49. The van der Waals surface area contributed by atoms with Gasteiger partial charge in [-0.05, 0) is 49.9 Å². The smallest absolute Gasteiger partial charge is 0.240 e. The summed E-state index contributed by atoms with van der Waals surface area (Å²) in [6.07, 6.45) is 4.38. The molecule has 1 atom stereocenters. The van der Waals surface area contributed by atoms with Crippen LogP contribution in [0.4, 0.5) is 0 Å². The van der Waals surface area contributed by atoms with E-state index in [2.05, 4.69) is 10.2 Å². The fraction of sp³-hybridized carbons (Fsp3) is 0.562. The molecule has 1 saturated heterocycles. The quantitative estimate of drug-likeness (QED) is 0.892. The zero-order valence-corrected chi connectivity index (χ0v) is 12.0. The van der Waals surface area contributed by atoms with Gasteiger partial charge in [0.1, 0.15) is 5.75 Å². The molecule has 0 spiro atoms. The third-order valence-electron chi connectivity index (χ3n) is 4.14. The lowest BCUT2D eigenvalue weighted by molar-refractivity contribution is -0.134. The van der Waals surface area contributed by atoms with Gasteiger partial charge in [-0.1, -0.05) is 12.1 Å². The minimum atomic E-state index is 0.0360. The van der Waals surface area contributed by atoms with Crippen molar-refractivity contribution in [2.75, 3.05) is 13.7 Å². The molecule has 2 aliphatic rings. The molecule has 1 N–H and O–H groups in total. The number of amides is 1. The number of benzene rings is 1. The fourth-order valence-corrected chi connectivity index (χ4v) is 2.80. The first-order valence-corrected chi connectivity index (χ1v) is 7.45. The maximum absolute atomic E-state index is 12.6. The molecule has 3 rings (SSSR count). The third kappa shape index (κ3) is 2.96. The normalized spacial score (nSPS) is 21.8. The van der Waals surface area contributed by atoms with Crippen molar-refractivity contribution in [3.63, 3.8) is 0 Å². The van der Waals surface area contributed by atoms with E-state index in [4.69, 9.17) is 4.74 Å². The molecule has 0 aromatic heterocycles. The molecule has 2 fully saturated rings. The average Bonchev–Trinajstić information content (AvgIpc) is 3.18. The van der Waals surface area contributed by atoms with Crippen LogP contribution >= 0.6 is 0 Å². The first-order chi connectivity index (χ1) is 9.78. The van der Waals surface area contributed by atoms with Crippen molar-refractivity contribution >= 4 is 5.91 Å². The molecule has 1 aromatic rings. The van der Waals surface area contributed by atoms with Crippen LogP contribution in [0.5, 0.6) is 5.75 Å². The van der Waals surface area contributed by atoms with Crippen molar-refractivity contribution in [2.24, 2.45) is 0 Å². The van der Waals surface area contributed by atoms with Gasteiger partial charge < -0.3 is 15.0 Å². The summed E-state index contributed by atoms with van der Waals surface area (Å²) in [6.45, 7) is 1.68. The van der Waals surface area contributed by atoms with Crippen molar-refractivity contribution in [3.8, 4) is 5.75 Å². The Labute approximate surface area is 120 Å². The first-order valence-electron chi connectivity index (χ1n) is 7.45. The van der Waals surface area contributed by atoms with Gasteiger partial charge in [0.15, 0.2) is 0 Å². The standard InChI is InChI=1S/C16H22N2O2/c1-20-14-8-4-12(5-9-14)11-18(13-6-7-13)16(19)15-3-2-10-17-15/h4-5,8-9,13,15,17H,2-3,6-7,10-11H2,1H3/t15-/m0/s1. The molecule has 1 aliphatic heterocycles. The summed E-state index contributed by atoms with van der Waals surface area (Å²) < 4.78 is 5.17. The maximum atomic E-state index is 12.6. The van der Waals surface area contributed by atoms with Crippen molar-refractivity contribution in [1.29, 1.82) is 0 Å². The van der Waals surface area contributed by atoms with Gasteiger partial charge in [-0.25, -0.2) is 0 Å². The van der Waals surface area contributed by atoms with Crippen LogP contribution in [-0.4, -0.2) is 36.5 Å². The van der Waals surface area contributed by atoms with E-state index in [0.717, 1.165) is 38.0 Å². The van der Waals surface area contributed by atoms with Gasteiger partial charge in [-0.15, -0.1) is 0 Å². The van der Waals surface area contributed by atoms with E-state index in [1.54, 1.807) is 7.11 Å². The van der Waals surface area contributed by atoms with Gasteiger partial charge in [0, 0.05) is 12.6 Å². The van der Waals surface area contributed by atoms with Gasteiger partial charge in [0.05, 0.1) is 13.2 Å². The van der Waals surface area contributed by atoms with E-state index in [9.17, 15) is 4.79 Å².